The second-order valence-electron chi connectivity index (χ2n) is 8.64. The number of rotatable bonds is 4. The van der Waals surface area contributed by atoms with Crippen LogP contribution in [0.5, 0.6) is 0 Å². The molecule has 154 valence electrons. The van der Waals surface area contributed by atoms with Gasteiger partial charge in [0.2, 0.25) is 5.71 Å². The average Bonchev–Trinajstić information content (AvgIpc) is 3.27. The average molecular weight is 436 g/mol. The normalized spacial score (nSPS) is 14.6. The Hall–Kier alpha value is -2.18. The Labute approximate surface area is 179 Å². The third kappa shape index (κ3) is 3.60. The summed E-state index contributed by atoms with van der Waals surface area (Å²) in [5, 5.41) is 15.5. The van der Waals surface area contributed by atoms with Crippen molar-refractivity contribution in [3.8, 4) is 11.3 Å². The second-order valence-corrected chi connectivity index (χ2v) is 9.49. The Morgan fingerprint density at radius 3 is 2.59 bits per heavy atom. The SMILES string of the molecule is Cc1nn2c(-c3ccc(Cl)cc3Cl)c(C(C)(C)C)oc2c1N(CC1CC1)C(=O)O. The van der Waals surface area contributed by atoms with E-state index >= 15 is 0 Å². The van der Waals surface area contributed by atoms with E-state index in [1.807, 2.05) is 26.8 Å². The van der Waals surface area contributed by atoms with Crippen LogP contribution in [0.25, 0.3) is 17.0 Å². The molecular formula is C21H23Cl2N3O3. The van der Waals surface area contributed by atoms with Crippen molar-refractivity contribution in [2.45, 2.75) is 46.0 Å². The van der Waals surface area contributed by atoms with Crippen LogP contribution in [0.2, 0.25) is 10.0 Å². The minimum absolute atomic E-state index is 0.352. The van der Waals surface area contributed by atoms with Gasteiger partial charge in [0, 0.05) is 22.5 Å². The van der Waals surface area contributed by atoms with Crippen LogP contribution >= 0.6 is 23.2 Å². The first-order valence-electron chi connectivity index (χ1n) is 9.56. The monoisotopic (exact) mass is 435 g/mol. The lowest BCUT2D eigenvalue weighted by molar-refractivity contribution is 0.201. The van der Waals surface area contributed by atoms with Gasteiger partial charge < -0.3 is 9.52 Å². The number of hydrogen-bond acceptors (Lipinski definition) is 3. The van der Waals surface area contributed by atoms with Gasteiger partial charge in [-0.05, 0) is 43.9 Å². The first-order valence-corrected chi connectivity index (χ1v) is 10.3. The van der Waals surface area contributed by atoms with Crippen molar-refractivity contribution in [3.63, 3.8) is 0 Å². The van der Waals surface area contributed by atoms with E-state index in [1.165, 1.54) is 4.90 Å². The van der Waals surface area contributed by atoms with Crippen molar-refractivity contribution in [1.82, 2.24) is 9.61 Å². The molecule has 0 unspecified atom stereocenters. The van der Waals surface area contributed by atoms with Crippen LogP contribution in [-0.4, -0.2) is 27.4 Å². The molecule has 0 atom stereocenters. The number of amides is 1. The molecule has 3 aromatic rings. The predicted octanol–water partition coefficient (Wildman–Crippen LogP) is 6.40. The quantitative estimate of drug-likeness (QED) is 0.514. The van der Waals surface area contributed by atoms with Gasteiger partial charge in [-0.15, -0.1) is 0 Å². The van der Waals surface area contributed by atoms with Crippen molar-refractivity contribution in [1.29, 1.82) is 0 Å². The summed E-state index contributed by atoms with van der Waals surface area (Å²) < 4.78 is 7.96. The molecule has 0 bridgehead atoms. The number of carbonyl (C=O) groups is 1. The maximum Gasteiger partial charge on any atom is 0.412 e. The van der Waals surface area contributed by atoms with E-state index in [0.717, 1.165) is 18.4 Å². The maximum absolute atomic E-state index is 12.0. The van der Waals surface area contributed by atoms with Gasteiger partial charge >= 0.3 is 6.09 Å². The lowest BCUT2D eigenvalue weighted by atomic mass is 9.90. The zero-order chi connectivity index (χ0) is 21.1. The summed E-state index contributed by atoms with van der Waals surface area (Å²) in [6.07, 6.45) is 1.09. The highest BCUT2D eigenvalue weighted by Gasteiger charge is 2.35. The molecule has 1 saturated carbocycles. The van der Waals surface area contributed by atoms with Gasteiger partial charge in [-0.25, -0.2) is 4.79 Å². The molecule has 1 fully saturated rings. The number of halogens is 2. The molecule has 1 aliphatic rings. The van der Waals surface area contributed by atoms with Crippen molar-refractivity contribution in [3.05, 3.63) is 39.7 Å². The molecule has 4 rings (SSSR count). The second kappa shape index (κ2) is 6.96. The Morgan fingerprint density at radius 1 is 1.34 bits per heavy atom. The van der Waals surface area contributed by atoms with E-state index in [2.05, 4.69) is 5.10 Å². The molecule has 2 heterocycles. The van der Waals surface area contributed by atoms with Gasteiger partial charge in [-0.1, -0.05) is 44.0 Å². The molecule has 6 nitrogen and oxygen atoms in total. The Morgan fingerprint density at radius 2 is 2.03 bits per heavy atom. The fourth-order valence-electron chi connectivity index (χ4n) is 3.54. The Bertz CT molecular complexity index is 1110. The van der Waals surface area contributed by atoms with Crippen molar-refractivity contribution < 1.29 is 14.3 Å². The van der Waals surface area contributed by atoms with Crippen molar-refractivity contribution >= 4 is 40.7 Å². The highest BCUT2D eigenvalue weighted by Crippen LogP contribution is 2.43. The van der Waals surface area contributed by atoms with Crippen LogP contribution in [0.1, 0.15) is 45.1 Å². The Balaban J connectivity index is 1.99. The van der Waals surface area contributed by atoms with Crippen LogP contribution in [0.3, 0.4) is 0 Å². The highest BCUT2D eigenvalue weighted by atomic mass is 35.5. The number of fused-ring (bicyclic) bond motifs is 1. The fourth-order valence-corrected chi connectivity index (χ4v) is 4.04. The van der Waals surface area contributed by atoms with E-state index in [9.17, 15) is 9.90 Å². The first-order chi connectivity index (χ1) is 13.6. The van der Waals surface area contributed by atoms with Crippen LogP contribution in [-0.2, 0) is 5.41 Å². The van der Waals surface area contributed by atoms with Gasteiger partial charge in [-0.3, -0.25) is 4.90 Å². The fraction of sp³-hybridized carbons (Fsp3) is 0.429. The largest absolute Gasteiger partial charge is 0.465 e. The Kier molecular flexibility index (Phi) is 4.82. The number of aryl methyl sites for hydroxylation is 1. The molecule has 0 saturated heterocycles. The third-order valence-corrected chi connectivity index (χ3v) is 5.67. The van der Waals surface area contributed by atoms with E-state index in [0.29, 0.717) is 51.1 Å². The van der Waals surface area contributed by atoms with Gasteiger partial charge in [0.25, 0.3) is 0 Å². The van der Waals surface area contributed by atoms with Gasteiger partial charge in [-0.2, -0.15) is 9.61 Å². The molecule has 1 amide bonds. The zero-order valence-corrected chi connectivity index (χ0v) is 18.3. The summed E-state index contributed by atoms with van der Waals surface area (Å²) in [7, 11) is 0. The number of benzene rings is 1. The van der Waals surface area contributed by atoms with Gasteiger partial charge in [0.05, 0.1) is 10.7 Å². The number of carboxylic acid groups (broad SMARTS) is 1. The van der Waals surface area contributed by atoms with E-state index in [4.69, 9.17) is 27.6 Å². The molecule has 2 aromatic heterocycles. The first kappa shape index (κ1) is 20.1. The van der Waals surface area contributed by atoms with E-state index in [1.54, 1.807) is 23.6 Å². The van der Waals surface area contributed by atoms with Crippen molar-refractivity contribution in [2.24, 2.45) is 5.92 Å². The molecule has 0 aliphatic heterocycles. The molecule has 1 aliphatic carbocycles. The molecule has 0 spiro atoms. The van der Waals surface area contributed by atoms with Crippen LogP contribution in [0, 0.1) is 12.8 Å². The minimum atomic E-state index is -1.00. The van der Waals surface area contributed by atoms with E-state index < -0.39 is 6.09 Å². The lowest BCUT2D eigenvalue weighted by Gasteiger charge is -2.19. The standard InChI is InChI=1S/C21H23Cl2N3O3/c1-11-16(25(20(27)28)10-12-5-6-12)19-26(24-11)17(18(29-19)21(2,3)4)14-8-7-13(22)9-15(14)23/h7-9,12H,5-6,10H2,1-4H3,(H,27,28). The topological polar surface area (TPSA) is 71.0 Å². The number of anilines is 1. The molecule has 8 heteroatoms. The third-order valence-electron chi connectivity index (χ3n) is 5.12. The summed E-state index contributed by atoms with van der Waals surface area (Å²) in [4.78, 5) is 13.4. The highest BCUT2D eigenvalue weighted by molar-refractivity contribution is 6.36. The molecule has 0 radical (unpaired) electrons. The van der Waals surface area contributed by atoms with Crippen LogP contribution in [0.4, 0.5) is 10.5 Å². The zero-order valence-electron chi connectivity index (χ0n) is 16.8. The molecule has 1 N–H and O–H groups in total. The number of oxazole rings is 1. The van der Waals surface area contributed by atoms with Gasteiger partial charge in [0.1, 0.15) is 17.1 Å². The minimum Gasteiger partial charge on any atom is -0.465 e. The number of aromatic nitrogens is 2. The summed E-state index contributed by atoms with van der Waals surface area (Å²) >= 11 is 12.6. The summed E-state index contributed by atoms with van der Waals surface area (Å²) in [5.41, 5.74) is 2.59. The molecular weight excluding hydrogens is 413 g/mol. The predicted molar refractivity (Wildman–Crippen MR) is 114 cm³/mol. The van der Waals surface area contributed by atoms with Gasteiger partial charge in [0.15, 0.2) is 0 Å². The summed E-state index contributed by atoms with van der Waals surface area (Å²) in [5.74, 6) is 1.07. The van der Waals surface area contributed by atoms with Crippen LogP contribution < -0.4 is 4.90 Å². The summed E-state index contributed by atoms with van der Waals surface area (Å²) in [6.45, 7) is 8.34. The van der Waals surface area contributed by atoms with Crippen molar-refractivity contribution in [2.75, 3.05) is 11.4 Å². The molecule has 29 heavy (non-hydrogen) atoms. The number of hydrogen-bond donors (Lipinski definition) is 1. The van der Waals surface area contributed by atoms with E-state index in [-0.39, 0.29) is 5.41 Å². The molecule has 1 aromatic carbocycles. The van der Waals surface area contributed by atoms with Crippen LogP contribution in [0.15, 0.2) is 22.6 Å². The number of nitrogens with zero attached hydrogens (tertiary/aromatic N) is 3. The smallest absolute Gasteiger partial charge is 0.412 e. The maximum atomic E-state index is 12.0. The lowest BCUT2D eigenvalue weighted by Crippen LogP contribution is -2.31. The summed E-state index contributed by atoms with van der Waals surface area (Å²) in [6, 6.07) is 5.28.